The van der Waals surface area contributed by atoms with Crippen molar-refractivity contribution in [2.75, 3.05) is 31.1 Å². The van der Waals surface area contributed by atoms with Gasteiger partial charge in [0.15, 0.2) is 0 Å². The molecule has 0 unspecified atom stereocenters. The Hall–Kier alpha value is -3.00. The summed E-state index contributed by atoms with van der Waals surface area (Å²) in [4.78, 5) is 14.9. The largest absolute Gasteiger partial charge is 0.369 e. The van der Waals surface area contributed by atoms with Gasteiger partial charge in [-0.1, -0.05) is 6.07 Å². The summed E-state index contributed by atoms with van der Waals surface area (Å²) in [5.74, 6) is -1.35. The van der Waals surface area contributed by atoms with Crippen LogP contribution in [0.5, 0.6) is 0 Å². The third-order valence-electron chi connectivity index (χ3n) is 4.68. The van der Waals surface area contributed by atoms with Crippen molar-refractivity contribution in [2.24, 2.45) is 0 Å². The second kappa shape index (κ2) is 7.32. The Morgan fingerprint density at radius 3 is 2.41 bits per heavy atom. The van der Waals surface area contributed by atoms with E-state index in [9.17, 15) is 13.6 Å². The maximum Gasteiger partial charge on any atom is 0.350 e. The van der Waals surface area contributed by atoms with Gasteiger partial charge in [0.2, 0.25) is 0 Å². The summed E-state index contributed by atoms with van der Waals surface area (Å²) in [5, 5.41) is 7.36. The Labute approximate surface area is 154 Å². The van der Waals surface area contributed by atoms with Gasteiger partial charge in [0.1, 0.15) is 18.0 Å². The quantitative estimate of drug-likeness (QED) is 0.760. The highest BCUT2D eigenvalue weighted by atomic mass is 19.1. The number of nitrogens with zero attached hydrogens (tertiary/aromatic N) is 4. The molecule has 4 rings (SSSR count). The van der Waals surface area contributed by atoms with Crippen LogP contribution < -0.4 is 15.9 Å². The molecule has 0 saturated carbocycles. The van der Waals surface area contributed by atoms with Crippen LogP contribution in [0.25, 0.3) is 5.69 Å². The maximum absolute atomic E-state index is 13.8. The molecule has 1 aliphatic rings. The zero-order valence-electron chi connectivity index (χ0n) is 14.6. The Kier molecular flexibility index (Phi) is 4.72. The highest BCUT2D eigenvalue weighted by Crippen LogP contribution is 2.17. The van der Waals surface area contributed by atoms with Crippen LogP contribution in [0.4, 0.5) is 14.5 Å². The first-order chi connectivity index (χ1) is 13.1. The molecule has 27 heavy (non-hydrogen) atoms. The van der Waals surface area contributed by atoms with Crippen LogP contribution in [0.1, 0.15) is 5.56 Å². The average molecular weight is 371 g/mol. The van der Waals surface area contributed by atoms with Gasteiger partial charge in [-0.3, -0.25) is 0 Å². The molecule has 6 nitrogen and oxygen atoms in total. The van der Waals surface area contributed by atoms with E-state index < -0.39 is 11.6 Å². The number of anilines is 1. The molecule has 0 spiro atoms. The Bertz CT molecular complexity index is 990. The number of nitrogens with one attached hydrogen (secondary N) is 1. The first-order valence-electron chi connectivity index (χ1n) is 8.76. The van der Waals surface area contributed by atoms with Crippen LogP contribution in [-0.2, 0) is 6.54 Å². The average Bonchev–Trinajstić information content (AvgIpc) is 3.05. The van der Waals surface area contributed by atoms with Gasteiger partial charge >= 0.3 is 5.69 Å². The zero-order valence-corrected chi connectivity index (χ0v) is 14.6. The van der Waals surface area contributed by atoms with Crippen LogP contribution in [0.2, 0.25) is 0 Å². The predicted molar refractivity (Wildman–Crippen MR) is 98.4 cm³/mol. The molecular weight excluding hydrogens is 352 g/mol. The van der Waals surface area contributed by atoms with E-state index in [0.717, 1.165) is 48.7 Å². The van der Waals surface area contributed by atoms with Crippen molar-refractivity contribution < 1.29 is 8.78 Å². The minimum atomic E-state index is -0.697. The first-order valence-corrected chi connectivity index (χ1v) is 8.76. The van der Waals surface area contributed by atoms with Gasteiger partial charge in [0.25, 0.3) is 0 Å². The molecule has 2 aromatic carbocycles. The molecule has 0 atom stereocenters. The number of rotatable bonds is 4. The van der Waals surface area contributed by atoms with E-state index in [1.807, 2.05) is 24.3 Å². The molecule has 3 aromatic rings. The molecule has 2 heterocycles. The number of halogens is 2. The number of benzene rings is 2. The van der Waals surface area contributed by atoms with E-state index in [1.165, 1.54) is 17.0 Å². The molecule has 0 aliphatic carbocycles. The molecule has 1 aromatic heterocycles. The predicted octanol–water partition coefficient (Wildman–Crippen LogP) is 1.77. The standard InChI is InChI=1S/C19H19F2N5O/c20-15-2-1-14(18(21)11-15)12-26-19(27)25(13-23-26)17-5-3-16(4-6-17)24-9-7-22-8-10-24/h1-6,11,13,22H,7-10,12H2. The number of piperazine rings is 1. The molecule has 140 valence electrons. The molecule has 1 fully saturated rings. The lowest BCUT2D eigenvalue weighted by Crippen LogP contribution is -2.43. The summed E-state index contributed by atoms with van der Waals surface area (Å²) in [7, 11) is 0. The zero-order chi connectivity index (χ0) is 18.8. The second-order valence-corrected chi connectivity index (χ2v) is 6.43. The smallest absolute Gasteiger partial charge is 0.350 e. The minimum absolute atomic E-state index is 0.0587. The Balaban J connectivity index is 1.55. The Morgan fingerprint density at radius 1 is 1.00 bits per heavy atom. The fourth-order valence-electron chi connectivity index (χ4n) is 3.18. The molecule has 1 saturated heterocycles. The third kappa shape index (κ3) is 3.61. The van der Waals surface area contributed by atoms with Crippen molar-refractivity contribution in [1.82, 2.24) is 19.7 Å². The molecule has 8 heteroatoms. The lowest BCUT2D eigenvalue weighted by Gasteiger charge is -2.29. The maximum atomic E-state index is 13.8. The van der Waals surface area contributed by atoms with E-state index >= 15 is 0 Å². The highest BCUT2D eigenvalue weighted by molar-refractivity contribution is 5.51. The minimum Gasteiger partial charge on any atom is -0.369 e. The van der Waals surface area contributed by atoms with Gasteiger partial charge < -0.3 is 10.2 Å². The molecule has 0 bridgehead atoms. The van der Waals surface area contributed by atoms with E-state index in [4.69, 9.17) is 0 Å². The molecule has 1 N–H and O–H groups in total. The fraction of sp³-hybridized carbons (Fsp3) is 0.263. The van der Waals surface area contributed by atoms with Crippen LogP contribution in [0, 0.1) is 11.6 Å². The van der Waals surface area contributed by atoms with Gasteiger partial charge in [0.05, 0.1) is 12.2 Å². The summed E-state index contributed by atoms with van der Waals surface area (Å²) < 4.78 is 29.4. The summed E-state index contributed by atoms with van der Waals surface area (Å²) in [6.45, 7) is 3.74. The van der Waals surface area contributed by atoms with E-state index in [0.29, 0.717) is 5.69 Å². The van der Waals surface area contributed by atoms with Crippen molar-refractivity contribution in [3.05, 3.63) is 76.5 Å². The van der Waals surface area contributed by atoms with Crippen LogP contribution in [0.15, 0.2) is 53.6 Å². The van der Waals surface area contributed by atoms with Gasteiger partial charge in [-0.15, -0.1) is 0 Å². The normalized spacial score (nSPS) is 14.5. The lowest BCUT2D eigenvalue weighted by atomic mass is 10.2. The van der Waals surface area contributed by atoms with Gasteiger partial charge in [0, 0.05) is 43.5 Å². The van der Waals surface area contributed by atoms with Crippen molar-refractivity contribution in [2.45, 2.75) is 6.54 Å². The molecule has 1 aliphatic heterocycles. The number of hydrogen-bond acceptors (Lipinski definition) is 4. The monoisotopic (exact) mass is 371 g/mol. The highest BCUT2D eigenvalue weighted by Gasteiger charge is 2.13. The topological polar surface area (TPSA) is 55.1 Å². The summed E-state index contributed by atoms with van der Waals surface area (Å²) in [6.07, 6.45) is 1.41. The van der Waals surface area contributed by atoms with Gasteiger partial charge in [-0.05, 0) is 30.3 Å². The van der Waals surface area contributed by atoms with Crippen molar-refractivity contribution >= 4 is 5.69 Å². The van der Waals surface area contributed by atoms with Crippen molar-refractivity contribution in [3.63, 3.8) is 0 Å². The van der Waals surface area contributed by atoms with Gasteiger partial charge in [-0.2, -0.15) is 5.10 Å². The van der Waals surface area contributed by atoms with Crippen molar-refractivity contribution in [1.29, 1.82) is 0 Å². The summed E-state index contributed by atoms with van der Waals surface area (Å²) >= 11 is 0. The SMILES string of the molecule is O=c1n(-c2ccc(N3CCNCC3)cc2)cnn1Cc1ccc(F)cc1F. The number of hydrogen-bond donors (Lipinski definition) is 1. The van der Waals surface area contributed by atoms with Gasteiger partial charge in [-0.25, -0.2) is 22.8 Å². The third-order valence-corrected chi connectivity index (χ3v) is 4.68. The van der Waals surface area contributed by atoms with Crippen LogP contribution >= 0.6 is 0 Å². The van der Waals surface area contributed by atoms with E-state index in [1.54, 1.807) is 0 Å². The van der Waals surface area contributed by atoms with Crippen molar-refractivity contribution in [3.8, 4) is 5.69 Å². The Morgan fingerprint density at radius 2 is 1.70 bits per heavy atom. The molecule has 0 amide bonds. The molecular formula is C19H19F2N5O. The summed E-state index contributed by atoms with van der Waals surface area (Å²) in [6, 6.07) is 11.0. The lowest BCUT2D eigenvalue weighted by molar-refractivity contribution is 0.554. The second-order valence-electron chi connectivity index (χ2n) is 6.43. The van der Waals surface area contributed by atoms with E-state index in [-0.39, 0.29) is 17.8 Å². The fourth-order valence-corrected chi connectivity index (χ4v) is 3.18. The number of aromatic nitrogens is 3. The van der Waals surface area contributed by atoms with Crippen LogP contribution in [0.3, 0.4) is 0 Å². The van der Waals surface area contributed by atoms with E-state index in [2.05, 4.69) is 15.3 Å². The summed E-state index contributed by atoms with van der Waals surface area (Å²) in [5.41, 5.74) is 1.62. The first kappa shape index (κ1) is 17.4. The van der Waals surface area contributed by atoms with Crippen LogP contribution in [-0.4, -0.2) is 40.5 Å². The molecule has 0 radical (unpaired) electrons.